The summed E-state index contributed by atoms with van der Waals surface area (Å²) in [7, 11) is 0. The van der Waals surface area contributed by atoms with E-state index in [0.29, 0.717) is 20.8 Å². The van der Waals surface area contributed by atoms with Gasteiger partial charge in [0.1, 0.15) is 23.7 Å². The van der Waals surface area contributed by atoms with Crippen molar-refractivity contribution in [1.29, 1.82) is 0 Å². The lowest BCUT2D eigenvalue weighted by atomic mass is 10.1. The van der Waals surface area contributed by atoms with Crippen LogP contribution in [0.5, 0.6) is 5.75 Å². The maximum absolute atomic E-state index is 14.3. The Morgan fingerprint density at radius 1 is 1.09 bits per heavy atom. The molecule has 0 spiro atoms. The van der Waals surface area contributed by atoms with Crippen LogP contribution in [-0.4, -0.2) is 16.9 Å². The van der Waals surface area contributed by atoms with Gasteiger partial charge < -0.3 is 4.74 Å². The third-order valence-electron chi connectivity index (χ3n) is 4.80. The molecule has 0 radical (unpaired) electrons. The predicted molar refractivity (Wildman–Crippen MR) is 133 cm³/mol. The number of carbonyl (C=O) groups is 2. The van der Waals surface area contributed by atoms with Gasteiger partial charge in [-0.25, -0.2) is 9.29 Å². The normalized spacial score (nSPS) is 15.1. The van der Waals surface area contributed by atoms with Crippen LogP contribution in [0.4, 0.5) is 10.1 Å². The van der Waals surface area contributed by atoms with E-state index < -0.39 is 17.6 Å². The van der Waals surface area contributed by atoms with Gasteiger partial charge in [-0.1, -0.05) is 48.0 Å². The van der Waals surface area contributed by atoms with Gasteiger partial charge in [0.25, 0.3) is 11.8 Å². The molecule has 9 heteroatoms. The quantitative estimate of drug-likeness (QED) is 0.256. The van der Waals surface area contributed by atoms with Crippen LogP contribution in [0, 0.1) is 5.82 Å². The number of anilines is 1. The number of hydrogen-bond acceptors (Lipinski definition) is 4. The first-order chi connectivity index (χ1) is 15.8. The van der Waals surface area contributed by atoms with E-state index in [0.717, 1.165) is 10.5 Å². The van der Waals surface area contributed by atoms with Gasteiger partial charge in [-0.3, -0.25) is 14.9 Å². The van der Waals surface area contributed by atoms with E-state index in [1.165, 1.54) is 24.3 Å². The summed E-state index contributed by atoms with van der Waals surface area (Å²) in [6.45, 7) is 0.272. The molecule has 0 aromatic heterocycles. The molecule has 5 nitrogen and oxygen atoms in total. The summed E-state index contributed by atoms with van der Waals surface area (Å²) in [5.41, 5.74) is 1.18. The largest absolute Gasteiger partial charge is 0.488 e. The number of rotatable bonds is 5. The number of amides is 2. The summed E-state index contributed by atoms with van der Waals surface area (Å²) in [4.78, 5) is 26.5. The summed E-state index contributed by atoms with van der Waals surface area (Å²) >= 11 is 14.7. The number of hydrogen-bond donors (Lipinski definition) is 1. The second kappa shape index (κ2) is 9.82. The Morgan fingerprint density at radius 3 is 2.55 bits per heavy atom. The van der Waals surface area contributed by atoms with E-state index in [4.69, 9.17) is 28.6 Å². The first kappa shape index (κ1) is 23.1. The van der Waals surface area contributed by atoms with Crippen LogP contribution >= 0.6 is 39.7 Å². The molecule has 1 fully saturated rings. The second-order valence-corrected chi connectivity index (χ2v) is 8.63. The van der Waals surface area contributed by atoms with Gasteiger partial charge in [-0.2, -0.15) is 0 Å². The Balaban J connectivity index is 1.58. The number of nitrogens with one attached hydrogen (secondary N) is 1. The fourth-order valence-electron chi connectivity index (χ4n) is 3.17. The minimum atomic E-state index is -0.719. The molecule has 2 amide bonds. The first-order valence-corrected chi connectivity index (χ1v) is 11.2. The zero-order valence-electron chi connectivity index (χ0n) is 16.8. The van der Waals surface area contributed by atoms with Crippen LogP contribution in [-0.2, 0) is 16.2 Å². The van der Waals surface area contributed by atoms with E-state index in [1.54, 1.807) is 30.3 Å². The van der Waals surface area contributed by atoms with Gasteiger partial charge in [0.2, 0.25) is 0 Å². The molecule has 1 saturated heterocycles. The number of benzene rings is 3. The third kappa shape index (κ3) is 4.98. The number of thiocarbonyl (C=S) groups is 1. The molecular weight excluding hydrogens is 531 g/mol. The van der Waals surface area contributed by atoms with Crippen molar-refractivity contribution in [3.05, 3.63) is 98.7 Å². The Bertz CT molecular complexity index is 1310. The van der Waals surface area contributed by atoms with E-state index in [-0.39, 0.29) is 23.0 Å². The molecule has 1 aliphatic heterocycles. The molecule has 0 atom stereocenters. The molecule has 1 N–H and O–H groups in total. The second-order valence-electron chi connectivity index (χ2n) is 6.98. The van der Waals surface area contributed by atoms with Crippen molar-refractivity contribution in [2.45, 2.75) is 6.61 Å². The predicted octanol–water partition coefficient (Wildman–Crippen LogP) is 5.65. The molecule has 0 saturated carbocycles. The molecular formula is C24H15BrClFN2O3S. The summed E-state index contributed by atoms with van der Waals surface area (Å²) in [6, 6.07) is 18.2. The van der Waals surface area contributed by atoms with Gasteiger partial charge in [-0.15, -0.1) is 0 Å². The number of carbonyl (C=O) groups excluding carboxylic acids is 2. The average Bonchev–Trinajstić information content (AvgIpc) is 2.78. The highest BCUT2D eigenvalue weighted by atomic mass is 79.9. The lowest BCUT2D eigenvalue weighted by molar-refractivity contribution is -0.122. The molecule has 3 aromatic rings. The maximum atomic E-state index is 14.3. The molecule has 1 heterocycles. The highest BCUT2D eigenvalue weighted by molar-refractivity contribution is 9.10. The minimum absolute atomic E-state index is 0.0390. The van der Waals surface area contributed by atoms with E-state index in [9.17, 15) is 14.0 Å². The van der Waals surface area contributed by atoms with Gasteiger partial charge in [0.05, 0.1) is 10.2 Å². The summed E-state index contributed by atoms with van der Waals surface area (Å²) in [6.07, 6.45) is 1.41. The monoisotopic (exact) mass is 544 g/mol. The lowest BCUT2D eigenvalue weighted by Gasteiger charge is -2.29. The SMILES string of the molecule is O=C1NC(=S)N(c2ccccc2F)C(=O)/C1=C/c1ccc(OCc2ccccc2Cl)c(Br)c1. The first-order valence-electron chi connectivity index (χ1n) is 9.67. The number of ether oxygens (including phenoxy) is 1. The lowest BCUT2D eigenvalue weighted by Crippen LogP contribution is -2.54. The van der Waals surface area contributed by atoms with E-state index in [2.05, 4.69) is 21.2 Å². The van der Waals surface area contributed by atoms with Crippen molar-refractivity contribution < 1.29 is 18.7 Å². The van der Waals surface area contributed by atoms with Gasteiger partial charge >= 0.3 is 0 Å². The molecule has 3 aromatic carbocycles. The molecule has 0 bridgehead atoms. The smallest absolute Gasteiger partial charge is 0.270 e. The van der Waals surface area contributed by atoms with Crippen LogP contribution in [0.15, 0.2) is 76.8 Å². The van der Waals surface area contributed by atoms with Crippen LogP contribution in [0.1, 0.15) is 11.1 Å². The molecule has 166 valence electrons. The minimum Gasteiger partial charge on any atom is -0.488 e. The summed E-state index contributed by atoms with van der Waals surface area (Å²) in [5.74, 6) is -1.45. The van der Waals surface area contributed by atoms with Gasteiger partial charge in [0.15, 0.2) is 5.11 Å². The maximum Gasteiger partial charge on any atom is 0.270 e. The molecule has 33 heavy (non-hydrogen) atoms. The van der Waals surface area contributed by atoms with Crippen LogP contribution in [0.25, 0.3) is 6.08 Å². The Hall–Kier alpha value is -3.07. The van der Waals surface area contributed by atoms with Crippen molar-refractivity contribution in [2.24, 2.45) is 0 Å². The van der Waals surface area contributed by atoms with Crippen LogP contribution < -0.4 is 15.0 Å². The topological polar surface area (TPSA) is 58.6 Å². The standard InChI is InChI=1S/C24H15BrClFN2O3S/c25-17-12-14(9-10-21(17)32-13-15-5-1-2-6-18(15)26)11-16-22(30)28-24(33)29(23(16)31)20-8-4-3-7-19(20)27/h1-12H,13H2,(H,28,30,33)/b16-11+. The Kier molecular flexibility index (Phi) is 6.88. The van der Waals surface area contributed by atoms with Crippen molar-refractivity contribution in [2.75, 3.05) is 4.90 Å². The van der Waals surface area contributed by atoms with Crippen molar-refractivity contribution >= 4 is 68.4 Å². The van der Waals surface area contributed by atoms with Crippen LogP contribution in [0.3, 0.4) is 0 Å². The molecule has 0 aliphatic carbocycles. The van der Waals surface area contributed by atoms with E-state index in [1.807, 2.05) is 18.2 Å². The fraction of sp³-hybridized carbons (Fsp3) is 0.0417. The highest BCUT2D eigenvalue weighted by Gasteiger charge is 2.35. The zero-order chi connectivity index (χ0) is 23.5. The van der Waals surface area contributed by atoms with Crippen molar-refractivity contribution in [3.8, 4) is 5.75 Å². The van der Waals surface area contributed by atoms with Gasteiger partial charge in [0, 0.05) is 10.6 Å². The summed E-state index contributed by atoms with van der Waals surface area (Å²) < 4.78 is 20.7. The fourth-order valence-corrected chi connectivity index (χ4v) is 4.15. The van der Waals surface area contributed by atoms with E-state index >= 15 is 0 Å². The summed E-state index contributed by atoms with van der Waals surface area (Å²) in [5, 5.41) is 2.86. The Morgan fingerprint density at radius 2 is 1.82 bits per heavy atom. The van der Waals surface area contributed by atoms with Crippen molar-refractivity contribution in [3.63, 3.8) is 0 Å². The van der Waals surface area contributed by atoms with Crippen LogP contribution in [0.2, 0.25) is 5.02 Å². The number of para-hydroxylation sites is 1. The molecule has 0 unspecified atom stereocenters. The Labute approximate surface area is 207 Å². The zero-order valence-corrected chi connectivity index (χ0v) is 20.0. The number of nitrogens with zero attached hydrogens (tertiary/aromatic N) is 1. The third-order valence-corrected chi connectivity index (χ3v) is 6.08. The number of halogens is 3. The highest BCUT2D eigenvalue weighted by Crippen LogP contribution is 2.30. The molecule has 4 rings (SSSR count). The van der Waals surface area contributed by atoms with Gasteiger partial charge in [-0.05, 0) is 70.1 Å². The average molecular weight is 546 g/mol. The molecule has 1 aliphatic rings. The van der Waals surface area contributed by atoms with Crippen molar-refractivity contribution in [1.82, 2.24) is 5.32 Å².